The lowest BCUT2D eigenvalue weighted by atomic mass is 10.1. The first kappa shape index (κ1) is 28.0. The first-order chi connectivity index (χ1) is 18.2. The lowest BCUT2D eigenvalue weighted by Gasteiger charge is -2.29. The number of amides is 1. The van der Waals surface area contributed by atoms with Gasteiger partial charge in [0.05, 0.1) is 26.4 Å². The summed E-state index contributed by atoms with van der Waals surface area (Å²) in [6, 6.07) is 13.0. The molecule has 2 heterocycles. The number of piperidine rings is 1. The molecule has 1 aliphatic rings. The van der Waals surface area contributed by atoms with Crippen LogP contribution >= 0.6 is 11.6 Å². The molecular weight excluding hydrogens is 504 g/mol. The molecule has 0 unspecified atom stereocenters. The second kappa shape index (κ2) is 12.7. The number of likely N-dealkylation sites (tertiary alicyclic amines) is 1. The Labute approximate surface area is 229 Å². The summed E-state index contributed by atoms with van der Waals surface area (Å²) in [5, 5.41) is 17.9. The maximum absolute atomic E-state index is 13.1. The average Bonchev–Trinajstić information content (AvgIpc) is 3.25. The van der Waals surface area contributed by atoms with E-state index in [4.69, 9.17) is 21.1 Å². The van der Waals surface area contributed by atoms with Crippen LogP contribution in [0.25, 0.3) is 0 Å². The third kappa shape index (κ3) is 7.28. The Balaban J connectivity index is 1.44. The SMILES string of the molecule is COc1cc(NC(=O)c2cc(C)n(Cc3cc(Cl)ccc3OCC(C)C)n2)ccc1CN1CCC(O)CC1. The van der Waals surface area contributed by atoms with E-state index in [1.807, 2.05) is 43.3 Å². The molecule has 204 valence electrons. The summed E-state index contributed by atoms with van der Waals surface area (Å²) >= 11 is 6.26. The third-order valence-electron chi connectivity index (χ3n) is 6.62. The lowest BCUT2D eigenvalue weighted by Crippen LogP contribution is -2.35. The molecule has 4 rings (SSSR count). The molecule has 1 fully saturated rings. The Kier molecular flexibility index (Phi) is 9.31. The minimum Gasteiger partial charge on any atom is -0.496 e. The van der Waals surface area contributed by atoms with Crippen molar-refractivity contribution in [3.8, 4) is 11.5 Å². The molecule has 38 heavy (non-hydrogen) atoms. The summed E-state index contributed by atoms with van der Waals surface area (Å²) in [6.07, 6.45) is 1.36. The van der Waals surface area contributed by atoms with E-state index >= 15 is 0 Å². The maximum atomic E-state index is 13.1. The number of aliphatic hydroxyl groups is 1. The molecule has 0 atom stereocenters. The van der Waals surface area contributed by atoms with E-state index < -0.39 is 0 Å². The van der Waals surface area contributed by atoms with Crippen molar-refractivity contribution in [2.75, 3.05) is 32.1 Å². The number of rotatable bonds is 10. The van der Waals surface area contributed by atoms with Crippen molar-refractivity contribution in [3.63, 3.8) is 0 Å². The predicted molar refractivity (Wildman–Crippen MR) is 149 cm³/mol. The van der Waals surface area contributed by atoms with Crippen molar-refractivity contribution in [3.05, 3.63) is 70.0 Å². The molecule has 0 radical (unpaired) electrons. The molecule has 1 aliphatic heterocycles. The summed E-state index contributed by atoms with van der Waals surface area (Å²) in [6.45, 7) is 9.59. The average molecular weight is 541 g/mol. The largest absolute Gasteiger partial charge is 0.496 e. The number of methoxy groups -OCH3 is 1. The van der Waals surface area contributed by atoms with Crippen LogP contribution in [0.15, 0.2) is 42.5 Å². The highest BCUT2D eigenvalue weighted by Gasteiger charge is 2.19. The molecule has 0 spiro atoms. The molecule has 1 aromatic heterocycles. The van der Waals surface area contributed by atoms with Gasteiger partial charge >= 0.3 is 0 Å². The van der Waals surface area contributed by atoms with Gasteiger partial charge in [0.1, 0.15) is 11.5 Å². The molecule has 3 aromatic rings. The smallest absolute Gasteiger partial charge is 0.276 e. The number of nitrogens with one attached hydrogen (secondary N) is 1. The summed E-state index contributed by atoms with van der Waals surface area (Å²) in [7, 11) is 1.63. The fraction of sp³-hybridized carbons (Fsp3) is 0.448. The van der Waals surface area contributed by atoms with Gasteiger partial charge in [-0.05, 0) is 56.0 Å². The second-order valence-corrected chi connectivity index (χ2v) is 10.7. The number of hydrogen-bond donors (Lipinski definition) is 2. The van der Waals surface area contributed by atoms with E-state index in [1.54, 1.807) is 17.9 Å². The number of carbonyl (C=O) groups is 1. The third-order valence-corrected chi connectivity index (χ3v) is 6.86. The van der Waals surface area contributed by atoms with Gasteiger partial charge in [0.2, 0.25) is 0 Å². The van der Waals surface area contributed by atoms with Gasteiger partial charge in [-0.2, -0.15) is 5.10 Å². The highest BCUT2D eigenvalue weighted by atomic mass is 35.5. The molecule has 8 nitrogen and oxygen atoms in total. The van der Waals surface area contributed by atoms with Crippen molar-refractivity contribution in [1.29, 1.82) is 0 Å². The van der Waals surface area contributed by atoms with Gasteiger partial charge in [-0.15, -0.1) is 0 Å². The van der Waals surface area contributed by atoms with Gasteiger partial charge in [0, 0.05) is 53.2 Å². The number of halogens is 1. The van der Waals surface area contributed by atoms with E-state index in [-0.39, 0.29) is 12.0 Å². The number of aliphatic hydroxyl groups excluding tert-OH is 1. The summed E-state index contributed by atoms with van der Waals surface area (Å²) in [4.78, 5) is 15.4. The fourth-order valence-electron chi connectivity index (χ4n) is 4.48. The van der Waals surface area contributed by atoms with E-state index in [1.165, 1.54) is 0 Å². The first-order valence-electron chi connectivity index (χ1n) is 13.1. The fourth-order valence-corrected chi connectivity index (χ4v) is 4.67. The predicted octanol–water partition coefficient (Wildman–Crippen LogP) is 5.15. The van der Waals surface area contributed by atoms with Gasteiger partial charge in [-0.1, -0.05) is 31.5 Å². The normalized spacial score (nSPS) is 14.6. The number of nitrogens with zero attached hydrogens (tertiary/aromatic N) is 3. The van der Waals surface area contributed by atoms with Crippen LogP contribution in [0.4, 0.5) is 5.69 Å². The molecule has 0 saturated carbocycles. The van der Waals surface area contributed by atoms with E-state index in [2.05, 4.69) is 29.2 Å². The van der Waals surface area contributed by atoms with E-state index in [0.29, 0.717) is 41.2 Å². The molecule has 9 heteroatoms. The number of hydrogen-bond acceptors (Lipinski definition) is 6. The highest BCUT2D eigenvalue weighted by molar-refractivity contribution is 6.30. The van der Waals surface area contributed by atoms with Crippen LogP contribution < -0.4 is 14.8 Å². The topological polar surface area (TPSA) is 88.8 Å². The van der Waals surface area contributed by atoms with Crippen molar-refractivity contribution in [2.45, 2.75) is 52.8 Å². The summed E-state index contributed by atoms with van der Waals surface area (Å²) in [5.74, 6) is 1.57. The van der Waals surface area contributed by atoms with Crippen molar-refractivity contribution in [1.82, 2.24) is 14.7 Å². The first-order valence-corrected chi connectivity index (χ1v) is 13.4. The Morgan fingerprint density at radius 1 is 1.11 bits per heavy atom. The van der Waals surface area contributed by atoms with Crippen LogP contribution in [0.2, 0.25) is 5.02 Å². The Hall–Kier alpha value is -3.07. The minimum atomic E-state index is -0.297. The summed E-state index contributed by atoms with van der Waals surface area (Å²) < 4.78 is 13.4. The van der Waals surface area contributed by atoms with Gasteiger partial charge in [-0.3, -0.25) is 14.4 Å². The Morgan fingerprint density at radius 3 is 2.58 bits per heavy atom. The highest BCUT2D eigenvalue weighted by Crippen LogP contribution is 2.27. The molecule has 1 saturated heterocycles. The standard InChI is InChI=1S/C29H37ClN4O4/c1-19(2)18-38-27-8-6-23(30)14-22(27)17-34-20(3)13-26(32-34)29(36)31-24-7-5-21(28(15-24)37-4)16-33-11-9-25(35)10-12-33/h5-8,13-15,19,25,35H,9-12,16-18H2,1-4H3,(H,31,36). The van der Waals surface area contributed by atoms with Crippen LogP contribution in [0.1, 0.15) is 54.0 Å². The van der Waals surface area contributed by atoms with Crippen LogP contribution in [-0.4, -0.2) is 58.6 Å². The zero-order chi connectivity index (χ0) is 27.2. The van der Waals surface area contributed by atoms with Crippen molar-refractivity contribution in [2.24, 2.45) is 5.92 Å². The van der Waals surface area contributed by atoms with Gasteiger partial charge in [0.25, 0.3) is 5.91 Å². The maximum Gasteiger partial charge on any atom is 0.276 e. The van der Waals surface area contributed by atoms with Crippen LogP contribution in [0, 0.1) is 12.8 Å². The zero-order valence-corrected chi connectivity index (χ0v) is 23.3. The molecule has 2 N–H and O–H groups in total. The quantitative estimate of drug-likeness (QED) is 0.370. The number of carbonyl (C=O) groups excluding carboxylic acids is 1. The second-order valence-electron chi connectivity index (χ2n) is 10.3. The number of ether oxygens (including phenoxy) is 2. The molecule has 2 aromatic carbocycles. The number of benzene rings is 2. The van der Waals surface area contributed by atoms with Crippen LogP contribution in [0.5, 0.6) is 11.5 Å². The molecular formula is C29H37ClN4O4. The van der Waals surface area contributed by atoms with Gasteiger partial charge in [0.15, 0.2) is 5.69 Å². The molecule has 1 amide bonds. The number of aryl methyl sites for hydroxylation is 1. The van der Waals surface area contributed by atoms with Gasteiger partial charge in [-0.25, -0.2) is 0 Å². The lowest BCUT2D eigenvalue weighted by molar-refractivity contribution is 0.0789. The van der Waals surface area contributed by atoms with Crippen LogP contribution in [0.3, 0.4) is 0 Å². The zero-order valence-electron chi connectivity index (χ0n) is 22.5. The van der Waals surface area contributed by atoms with Gasteiger partial charge < -0.3 is 19.9 Å². The molecule has 0 aliphatic carbocycles. The monoisotopic (exact) mass is 540 g/mol. The van der Waals surface area contributed by atoms with Crippen molar-refractivity contribution >= 4 is 23.2 Å². The van der Waals surface area contributed by atoms with Crippen LogP contribution in [-0.2, 0) is 13.1 Å². The number of aromatic nitrogens is 2. The molecule has 0 bridgehead atoms. The Morgan fingerprint density at radius 2 is 1.87 bits per heavy atom. The van der Waals surface area contributed by atoms with E-state index in [0.717, 1.165) is 55.0 Å². The number of anilines is 1. The Bertz CT molecular complexity index is 1250. The minimum absolute atomic E-state index is 0.205. The summed E-state index contributed by atoms with van der Waals surface area (Å²) in [5.41, 5.74) is 3.75. The van der Waals surface area contributed by atoms with E-state index in [9.17, 15) is 9.90 Å². The van der Waals surface area contributed by atoms with Crippen molar-refractivity contribution < 1.29 is 19.4 Å².